The molecular formula is C18H13ClF3NO2. The molecule has 25 heavy (non-hydrogen) atoms. The first-order chi connectivity index (χ1) is 11.8. The minimum absolute atomic E-state index is 0.0571. The third-order valence-corrected chi connectivity index (χ3v) is 4.27. The summed E-state index contributed by atoms with van der Waals surface area (Å²) >= 11 is 6.30. The summed E-state index contributed by atoms with van der Waals surface area (Å²) in [5, 5.41) is 0.853. The average molecular weight is 368 g/mol. The Morgan fingerprint density at radius 2 is 1.88 bits per heavy atom. The molecule has 0 N–H and O–H groups in total. The van der Waals surface area contributed by atoms with Crippen molar-refractivity contribution < 1.29 is 22.7 Å². The van der Waals surface area contributed by atoms with Gasteiger partial charge in [-0.05, 0) is 23.8 Å². The molecule has 0 unspecified atom stereocenters. The normalized spacial score (nSPS) is 11.7. The molecule has 0 radical (unpaired) electrons. The van der Waals surface area contributed by atoms with Gasteiger partial charge in [-0.1, -0.05) is 41.9 Å². The molecule has 3 nitrogen and oxygen atoms in total. The molecule has 0 aliphatic rings. The smallest absolute Gasteiger partial charge is 0.416 e. The van der Waals surface area contributed by atoms with Gasteiger partial charge in [0.05, 0.1) is 23.2 Å². The highest BCUT2D eigenvalue weighted by Crippen LogP contribution is 2.33. The van der Waals surface area contributed by atoms with Gasteiger partial charge in [0.25, 0.3) is 0 Å². The largest absolute Gasteiger partial charge is 0.464 e. The van der Waals surface area contributed by atoms with Gasteiger partial charge in [-0.3, -0.25) is 0 Å². The molecule has 0 spiro atoms. The van der Waals surface area contributed by atoms with Crippen molar-refractivity contribution >= 4 is 28.5 Å². The molecule has 7 heteroatoms. The third-order valence-electron chi connectivity index (χ3n) is 3.88. The molecule has 3 rings (SSSR count). The van der Waals surface area contributed by atoms with E-state index in [1.54, 1.807) is 34.9 Å². The van der Waals surface area contributed by atoms with E-state index in [0.29, 0.717) is 16.5 Å². The highest BCUT2D eigenvalue weighted by molar-refractivity contribution is 6.38. The van der Waals surface area contributed by atoms with Gasteiger partial charge in [0.15, 0.2) is 0 Å². The first-order valence-electron chi connectivity index (χ1n) is 7.34. The molecule has 2 aromatic carbocycles. The molecule has 0 saturated heterocycles. The number of methoxy groups -OCH3 is 1. The van der Waals surface area contributed by atoms with E-state index in [-0.39, 0.29) is 17.3 Å². The Morgan fingerprint density at radius 3 is 2.56 bits per heavy atom. The monoisotopic (exact) mass is 367 g/mol. The molecule has 0 aliphatic carbocycles. The van der Waals surface area contributed by atoms with Crippen molar-refractivity contribution in [3.8, 4) is 0 Å². The van der Waals surface area contributed by atoms with Crippen LogP contribution in [0.15, 0.2) is 48.5 Å². The number of esters is 1. The van der Waals surface area contributed by atoms with Crippen molar-refractivity contribution in [3.63, 3.8) is 0 Å². The van der Waals surface area contributed by atoms with Gasteiger partial charge in [-0.15, -0.1) is 0 Å². The fourth-order valence-corrected chi connectivity index (χ4v) is 3.09. The molecule has 0 fully saturated rings. The molecule has 130 valence electrons. The van der Waals surface area contributed by atoms with Gasteiger partial charge < -0.3 is 9.30 Å². The molecule has 0 aliphatic heterocycles. The fourth-order valence-electron chi connectivity index (χ4n) is 2.75. The van der Waals surface area contributed by atoms with E-state index in [0.717, 1.165) is 12.1 Å². The lowest BCUT2D eigenvalue weighted by molar-refractivity contribution is -0.137. The summed E-state index contributed by atoms with van der Waals surface area (Å²) in [4.78, 5) is 12.1. The maximum atomic E-state index is 12.9. The van der Waals surface area contributed by atoms with E-state index in [1.165, 1.54) is 13.2 Å². The predicted molar refractivity (Wildman–Crippen MR) is 88.8 cm³/mol. The number of carbonyl (C=O) groups is 1. The highest BCUT2D eigenvalue weighted by atomic mass is 35.5. The first kappa shape index (κ1) is 17.4. The Balaban J connectivity index is 2.14. The van der Waals surface area contributed by atoms with Crippen LogP contribution in [0.4, 0.5) is 13.2 Å². The number of nitrogens with zero attached hydrogens (tertiary/aromatic N) is 1. The molecule has 0 bridgehead atoms. The van der Waals surface area contributed by atoms with Crippen molar-refractivity contribution in [2.45, 2.75) is 12.7 Å². The van der Waals surface area contributed by atoms with Crippen molar-refractivity contribution in [3.05, 3.63) is 70.4 Å². The molecule has 1 heterocycles. The summed E-state index contributed by atoms with van der Waals surface area (Å²) < 4.78 is 45.1. The van der Waals surface area contributed by atoms with Gasteiger partial charge in [0.1, 0.15) is 5.69 Å². The van der Waals surface area contributed by atoms with E-state index in [1.807, 2.05) is 0 Å². The van der Waals surface area contributed by atoms with Crippen LogP contribution in [-0.4, -0.2) is 17.6 Å². The van der Waals surface area contributed by atoms with Crippen LogP contribution in [0.25, 0.3) is 10.9 Å². The number of hydrogen-bond donors (Lipinski definition) is 0. The SMILES string of the molecule is COC(=O)c1c(Cl)c2ccccc2n1Cc1cccc(C(F)(F)F)c1. The van der Waals surface area contributed by atoms with Crippen LogP contribution in [0.2, 0.25) is 5.02 Å². The van der Waals surface area contributed by atoms with Crippen LogP contribution in [0.5, 0.6) is 0 Å². The number of fused-ring (bicyclic) bond motifs is 1. The van der Waals surface area contributed by atoms with Crippen LogP contribution >= 0.6 is 11.6 Å². The van der Waals surface area contributed by atoms with Crippen LogP contribution < -0.4 is 0 Å². The maximum Gasteiger partial charge on any atom is 0.416 e. The summed E-state index contributed by atoms with van der Waals surface area (Å²) in [6.07, 6.45) is -4.43. The zero-order valence-corrected chi connectivity index (χ0v) is 13.9. The highest BCUT2D eigenvalue weighted by Gasteiger charge is 2.30. The Hall–Kier alpha value is -2.47. The molecule has 3 aromatic rings. The lowest BCUT2D eigenvalue weighted by Gasteiger charge is -2.12. The zero-order valence-electron chi connectivity index (χ0n) is 13.1. The second-order valence-corrected chi connectivity index (χ2v) is 5.83. The van der Waals surface area contributed by atoms with Gasteiger partial charge in [0.2, 0.25) is 0 Å². The van der Waals surface area contributed by atoms with E-state index >= 15 is 0 Å². The van der Waals surface area contributed by atoms with Crippen LogP contribution in [0.1, 0.15) is 21.6 Å². The maximum absolute atomic E-state index is 12.9. The number of carbonyl (C=O) groups excluding carboxylic acids is 1. The summed E-state index contributed by atoms with van der Waals surface area (Å²) in [6.45, 7) is 0.0571. The Bertz CT molecular complexity index is 947. The van der Waals surface area contributed by atoms with E-state index in [9.17, 15) is 18.0 Å². The molecule has 0 amide bonds. The standard InChI is InChI=1S/C18H13ClF3NO2/c1-25-17(24)16-15(19)13-7-2-3-8-14(13)23(16)10-11-5-4-6-12(9-11)18(20,21)22/h2-9H,10H2,1H3. The number of alkyl halides is 3. The molecule has 0 atom stereocenters. The van der Waals surface area contributed by atoms with Crippen LogP contribution in [0, 0.1) is 0 Å². The summed E-state index contributed by atoms with van der Waals surface area (Å²) in [6, 6.07) is 12.0. The van der Waals surface area contributed by atoms with Gasteiger partial charge >= 0.3 is 12.1 Å². The van der Waals surface area contributed by atoms with Crippen molar-refractivity contribution in [1.29, 1.82) is 0 Å². The lowest BCUT2D eigenvalue weighted by atomic mass is 10.1. The summed E-state index contributed by atoms with van der Waals surface area (Å²) in [5.74, 6) is -0.645. The number of halogens is 4. The Kier molecular flexibility index (Phi) is 4.47. The third kappa shape index (κ3) is 3.22. The fraction of sp³-hybridized carbons (Fsp3) is 0.167. The van der Waals surface area contributed by atoms with Crippen LogP contribution in [-0.2, 0) is 17.5 Å². The van der Waals surface area contributed by atoms with Crippen molar-refractivity contribution in [1.82, 2.24) is 4.57 Å². The molecular weight excluding hydrogens is 355 g/mol. The number of hydrogen-bond acceptors (Lipinski definition) is 2. The van der Waals surface area contributed by atoms with E-state index < -0.39 is 17.7 Å². The van der Waals surface area contributed by atoms with E-state index in [2.05, 4.69) is 0 Å². The second kappa shape index (κ2) is 6.44. The number of ether oxygens (including phenoxy) is 1. The van der Waals surface area contributed by atoms with E-state index in [4.69, 9.17) is 16.3 Å². The number of aromatic nitrogens is 1. The van der Waals surface area contributed by atoms with Crippen molar-refractivity contribution in [2.24, 2.45) is 0 Å². The number of benzene rings is 2. The van der Waals surface area contributed by atoms with Crippen molar-refractivity contribution in [2.75, 3.05) is 7.11 Å². The average Bonchev–Trinajstić information content (AvgIpc) is 2.86. The topological polar surface area (TPSA) is 31.2 Å². The predicted octanol–water partition coefficient (Wildman–Crippen LogP) is 5.15. The Labute approximate surface area is 146 Å². The van der Waals surface area contributed by atoms with Crippen LogP contribution in [0.3, 0.4) is 0 Å². The minimum atomic E-state index is -4.43. The van der Waals surface area contributed by atoms with Gasteiger partial charge in [-0.25, -0.2) is 4.79 Å². The summed E-state index contributed by atoms with van der Waals surface area (Å²) in [7, 11) is 1.23. The minimum Gasteiger partial charge on any atom is -0.464 e. The number of para-hydroxylation sites is 1. The van der Waals surface area contributed by atoms with Gasteiger partial charge in [-0.2, -0.15) is 13.2 Å². The Morgan fingerprint density at radius 1 is 1.16 bits per heavy atom. The zero-order chi connectivity index (χ0) is 18.2. The quantitative estimate of drug-likeness (QED) is 0.599. The number of rotatable bonds is 3. The first-order valence-corrected chi connectivity index (χ1v) is 7.72. The molecule has 1 aromatic heterocycles. The lowest BCUT2D eigenvalue weighted by Crippen LogP contribution is -2.12. The summed E-state index contributed by atoms with van der Waals surface area (Å²) in [5.41, 5.74) is 0.415. The molecule has 0 saturated carbocycles. The second-order valence-electron chi connectivity index (χ2n) is 5.46. The van der Waals surface area contributed by atoms with Gasteiger partial charge in [0, 0.05) is 11.9 Å².